The summed E-state index contributed by atoms with van der Waals surface area (Å²) in [5.41, 5.74) is 5.76. The molecule has 0 saturated heterocycles. The molecule has 11 nitrogen and oxygen atoms in total. The smallest absolute Gasteiger partial charge is 0.404 e. The Kier molecular flexibility index (Phi) is 10.6. The number of primary amides is 1. The molecule has 0 fully saturated rings. The van der Waals surface area contributed by atoms with Gasteiger partial charge in [-0.2, -0.15) is 11.8 Å². The van der Waals surface area contributed by atoms with E-state index in [2.05, 4.69) is 25.9 Å². The zero-order chi connectivity index (χ0) is 25.1. The van der Waals surface area contributed by atoms with Crippen molar-refractivity contribution in [3.8, 4) is 5.88 Å². The van der Waals surface area contributed by atoms with E-state index in [0.717, 1.165) is 6.07 Å². The molecule has 0 aliphatic heterocycles. The maximum Gasteiger partial charge on any atom is 0.404 e. The second-order valence-corrected chi connectivity index (χ2v) is 8.18. The summed E-state index contributed by atoms with van der Waals surface area (Å²) in [7, 11) is 1.55. The van der Waals surface area contributed by atoms with Gasteiger partial charge in [-0.3, -0.25) is 4.79 Å². The van der Waals surface area contributed by atoms with E-state index in [4.69, 9.17) is 20.3 Å². The summed E-state index contributed by atoms with van der Waals surface area (Å²) >= 11 is 1.57. The number of hydrogen-bond acceptors (Lipinski definition) is 9. The Bertz CT molecular complexity index is 983. The topological polar surface area (TPSA) is 161 Å². The molecular formula is C21H29FN6O5S. The maximum absolute atomic E-state index is 14.8. The van der Waals surface area contributed by atoms with Crippen LogP contribution in [0.15, 0.2) is 24.4 Å². The van der Waals surface area contributed by atoms with Crippen LogP contribution in [-0.2, 0) is 4.74 Å². The first-order valence-electron chi connectivity index (χ1n) is 10.3. The highest BCUT2D eigenvalue weighted by atomic mass is 32.2. The lowest BCUT2D eigenvalue weighted by Gasteiger charge is -2.26. The van der Waals surface area contributed by atoms with Gasteiger partial charge in [0.2, 0.25) is 5.88 Å². The number of ether oxygens (including phenoxy) is 2. The third-order valence-corrected chi connectivity index (χ3v) is 5.33. The Morgan fingerprint density at radius 3 is 2.71 bits per heavy atom. The van der Waals surface area contributed by atoms with Crippen molar-refractivity contribution in [3.63, 3.8) is 0 Å². The minimum atomic E-state index is -1.19. The number of carboxylic acid groups (broad SMARTS) is 1. The third-order valence-electron chi connectivity index (χ3n) is 4.69. The Labute approximate surface area is 201 Å². The fourth-order valence-electron chi connectivity index (χ4n) is 2.97. The van der Waals surface area contributed by atoms with E-state index in [9.17, 15) is 14.0 Å². The van der Waals surface area contributed by atoms with E-state index < -0.39 is 29.9 Å². The molecule has 2 aromatic heterocycles. The summed E-state index contributed by atoms with van der Waals surface area (Å²) in [6.07, 6.45) is 2.76. The van der Waals surface area contributed by atoms with Gasteiger partial charge in [0.25, 0.3) is 5.91 Å². The van der Waals surface area contributed by atoms with Crippen LogP contribution in [0.1, 0.15) is 23.7 Å². The van der Waals surface area contributed by atoms with Crippen LogP contribution in [0.2, 0.25) is 0 Å². The molecule has 0 radical (unpaired) electrons. The Morgan fingerprint density at radius 1 is 1.29 bits per heavy atom. The first-order valence-corrected chi connectivity index (χ1v) is 11.7. The number of rotatable bonds is 14. The van der Waals surface area contributed by atoms with Crippen molar-refractivity contribution in [2.24, 2.45) is 5.73 Å². The summed E-state index contributed by atoms with van der Waals surface area (Å²) in [4.78, 5) is 31.3. The number of aromatic nitrogens is 2. The molecule has 0 unspecified atom stereocenters. The number of nitrogens with two attached hydrogens (primary N) is 1. The number of carbonyl (C=O) groups excluding carboxylic acids is 1. The second kappa shape index (κ2) is 13.4. The molecule has 0 aliphatic rings. The quantitative estimate of drug-likeness (QED) is 0.246. The minimum Gasteiger partial charge on any atom is -0.475 e. The molecule has 2 atom stereocenters. The average molecular weight is 497 g/mol. The lowest BCUT2D eigenvalue weighted by molar-refractivity contribution is 0.1000. The normalized spacial score (nSPS) is 12.5. The van der Waals surface area contributed by atoms with Crippen molar-refractivity contribution in [3.05, 3.63) is 35.8 Å². The van der Waals surface area contributed by atoms with Crippen LogP contribution < -0.4 is 26.4 Å². The van der Waals surface area contributed by atoms with Gasteiger partial charge in [0.05, 0.1) is 12.2 Å². The molecule has 0 spiro atoms. The molecule has 0 aliphatic carbocycles. The zero-order valence-corrected chi connectivity index (χ0v) is 19.9. The Morgan fingerprint density at radius 2 is 2.06 bits per heavy atom. The predicted molar refractivity (Wildman–Crippen MR) is 129 cm³/mol. The maximum atomic E-state index is 14.8. The van der Waals surface area contributed by atoms with Crippen molar-refractivity contribution in [1.82, 2.24) is 15.3 Å². The molecule has 2 amide bonds. The van der Waals surface area contributed by atoms with Gasteiger partial charge < -0.3 is 36.3 Å². The summed E-state index contributed by atoms with van der Waals surface area (Å²) in [6, 6.07) is 3.19. The summed E-state index contributed by atoms with van der Waals surface area (Å²) < 4.78 is 25.2. The molecular weight excluding hydrogens is 467 g/mol. The highest BCUT2D eigenvalue weighted by molar-refractivity contribution is 7.98. The minimum absolute atomic E-state index is 0.0212. The highest BCUT2D eigenvalue weighted by Crippen LogP contribution is 2.26. The number of pyridine rings is 2. The number of amides is 2. The number of anilines is 3. The van der Waals surface area contributed by atoms with Gasteiger partial charge in [0, 0.05) is 37.1 Å². The standard InChI is InChI=1S/C21H29FN6O5S/c1-12(25-21(30)31)16(5-9-34-3)27-20-15(22)11-14(18(23)29)19(28-20)26-13-4-6-24-17(10-13)33-8-7-32-2/h4,6,10-12,16,25H,5,7-9H2,1-3H3,(H2,23,29)(H,30,31)(H2,24,26,27,28)/t12-,16-/m0/s1. The Balaban J connectivity index is 2.33. The van der Waals surface area contributed by atoms with Crippen LogP contribution in [0.3, 0.4) is 0 Å². The van der Waals surface area contributed by atoms with Crippen LogP contribution in [0.25, 0.3) is 0 Å². The van der Waals surface area contributed by atoms with Crippen molar-refractivity contribution >= 4 is 41.1 Å². The number of hydrogen-bond donors (Lipinski definition) is 5. The second-order valence-electron chi connectivity index (χ2n) is 7.20. The van der Waals surface area contributed by atoms with Gasteiger partial charge in [0.15, 0.2) is 11.6 Å². The number of carbonyl (C=O) groups is 2. The van der Waals surface area contributed by atoms with Crippen LogP contribution in [0.5, 0.6) is 5.88 Å². The first kappa shape index (κ1) is 26.9. The molecule has 2 aromatic rings. The number of methoxy groups -OCH3 is 1. The monoisotopic (exact) mass is 496 g/mol. The van der Waals surface area contributed by atoms with Crippen molar-refractivity contribution < 1.29 is 28.6 Å². The molecule has 2 rings (SSSR count). The molecule has 0 bridgehead atoms. The van der Waals surface area contributed by atoms with Gasteiger partial charge in [0.1, 0.15) is 12.4 Å². The van der Waals surface area contributed by atoms with Crippen LogP contribution in [0.4, 0.5) is 26.5 Å². The zero-order valence-electron chi connectivity index (χ0n) is 19.1. The van der Waals surface area contributed by atoms with E-state index in [1.54, 1.807) is 37.9 Å². The van der Waals surface area contributed by atoms with Gasteiger partial charge in [-0.1, -0.05) is 0 Å². The predicted octanol–water partition coefficient (Wildman–Crippen LogP) is 2.67. The number of thioether (sulfide) groups is 1. The molecule has 2 heterocycles. The van der Waals surface area contributed by atoms with E-state index in [1.165, 1.54) is 6.20 Å². The first-order chi connectivity index (χ1) is 16.2. The Hall–Kier alpha value is -3.32. The molecule has 186 valence electrons. The number of nitrogens with one attached hydrogen (secondary N) is 3. The van der Waals surface area contributed by atoms with Crippen molar-refractivity contribution in [2.45, 2.75) is 25.4 Å². The molecule has 34 heavy (non-hydrogen) atoms. The van der Waals surface area contributed by atoms with E-state index in [0.29, 0.717) is 37.0 Å². The lowest BCUT2D eigenvalue weighted by Crippen LogP contribution is -2.45. The highest BCUT2D eigenvalue weighted by Gasteiger charge is 2.23. The third kappa shape index (κ3) is 8.23. The lowest BCUT2D eigenvalue weighted by atomic mass is 10.1. The van der Waals surface area contributed by atoms with Crippen molar-refractivity contribution in [2.75, 3.05) is 43.0 Å². The van der Waals surface area contributed by atoms with Gasteiger partial charge in [-0.25, -0.2) is 19.2 Å². The van der Waals surface area contributed by atoms with E-state index in [-0.39, 0.29) is 17.2 Å². The molecule has 13 heteroatoms. The largest absolute Gasteiger partial charge is 0.475 e. The molecule has 6 N–H and O–H groups in total. The van der Waals surface area contributed by atoms with Crippen LogP contribution in [0, 0.1) is 5.82 Å². The van der Waals surface area contributed by atoms with Gasteiger partial charge in [-0.15, -0.1) is 0 Å². The van der Waals surface area contributed by atoms with Crippen LogP contribution >= 0.6 is 11.8 Å². The summed E-state index contributed by atoms with van der Waals surface area (Å²) in [5, 5.41) is 17.3. The fourth-order valence-corrected chi connectivity index (χ4v) is 3.46. The van der Waals surface area contributed by atoms with Crippen molar-refractivity contribution in [1.29, 1.82) is 0 Å². The van der Waals surface area contributed by atoms with Crippen LogP contribution in [-0.4, -0.2) is 71.5 Å². The van der Waals surface area contributed by atoms with E-state index in [1.807, 2.05) is 6.26 Å². The molecule has 0 aromatic carbocycles. The summed E-state index contributed by atoms with van der Waals surface area (Å²) in [5.74, 6) is -0.775. The SMILES string of the molecule is COCCOc1cc(Nc2nc(N[C@@H](CCSC)[C@H](C)NC(=O)O)c(F)cc2C(N)=O)ccn1. The average Bonchev–Trinajstić information content (AvgIpc) is 2.78. The fraction of sp³-hybridized carbons (Fsp3) is 0.429. The summed E-state index contributed by atoms with van der Waals surface area (Å²) in [6.45, 7) is 2.35. The number of nitrogens with zero attached hydrogens (tertiary/aromatic N) is 2. The molecule has 0 saturated carbocycles. The van der Waals surface area contributed by atoms with E-state index >= 15 is 0 Å². The van der Waals surface area contributed by atoms with Gasteiger partial charge in [-0.05, 0) is 37.5 Å². The number of halogens is 1. The van der Waals surface area contributed by atoms with Gasteiger partial charge >= 0.3 is 6.09 Å².